The Labute approximate surface area is 145 Å². The maximum atomic E-state index is 5.44. The van der Waals surface area contributed by atoms with Gasteiger partial charge in [-0.05, 0) is 27.7 Å². The number of guanidine groups is 1. The van der Waals surface area contributed by atoms with E-state index < -0.39 is 0 Å². The number of aromatic nitrogens is 3. The van der Waals surface area contributed by atoms with Gasteiger partial charge in [0.25, 0.3) is 0 Å². The molecule has 0 radical (unpaired) electrons. The molecule has 0 aromatic carbocycles. The van der Waals surface area contributed by atoms with Crippen LogP contribution in [0.25, 0.3) is 0 Å². The molecule has 2 aromatic heterocycles. The fourth-order valence-electron chi connectivity index (χ4n) is 1.98. The van der Waals surface area contributed by atoms with Gasteiger partial charge in [-0.1, -0.05) is 5.16 Å². The van der Waals surface area contributed by atoms with Crippen molar-refractivity contribution in [3.8, 4) is 0 Å². The van der Waals surface area contributed by atoms with Crippen molar-refractivity contribution in [3.63, 3.8) is 0 Å². The van der Waals surface area contributed by atoms with Gasteiger partial charge in [-0.25, -0.2) is 4.98 Å². The van der Waals surface area contributed by atoms with E-state index in [0.29, 0.717) is 37.4 Å². The largest absolute Gasteiger partial charge is 0.371 e. The quantitative estimate of drug-likeness (QED) is 0.582. The van der Waals surface area contributed by atoms with Crippen LogP contribution < -0.4 is 10.6 Å². The van der Waals surface area contributed by atoms with Gasteiger partial charge in [-0.3, -0.25) is 4.99 Å². The smallest absolute Gasteiger partial charge is 0.246 e. The Bertz CT molecular complexity index is 662. The van der Waals surface area contributed by atoms with Crippen molar-refractivity contribution in [2.75, 3.05) is 13.7 Å². The second-order valence-corrected chi connectivity index (χ2v) is 6.46. The number of rotatable bonds is 7. The first kappa shape index (κ1) is 18.3. The van der Waals surface area contributed by atoms with Crippen molar-refractivity contribution in [3.05, 3.63) is 27.3 Å². The maximum Gasteiger partial charge on any atom is 0.246 e. The molecule has 0 aliphatic rings. The van der Waals surface area contributed by atoms with E-state index in [1.165, 1.54) is 4.88 Å². The van der Waals surface area contributed by atoms with Crippen molar-refractivity contribution >= 4 is 17.3 Å². The van der Waals surface area contributed by atoms with Crippen molar-refractivity contribution in [1.82, 2.24) is 25.8 Å². The van der Waals surface area contributed by atoms with Crippen molar-refractivity contribution in [2.24, 2.45) is 4.99 Å². The van der Waals surface area contributed by atoms with E-state index in [4.69, 9.17) is 9.26 Å². The number of nitrogens with one attached hydrogen (secondary N) is 2. The molecule has 0 saturated heterocycles. The summed E-state index contributed by atoms with van der Waals surface area (Å²) in [4.78, 5) is 14.2. The zero-order valence-electron chi connectivity index (χ0n) is 14.7. The number of aliphatic imine (C=N–C) groups is 1. The van der Waals surface area contributed by atoms with Gasteiger partial charge >= 0.3 is 0 Å². The van der Waals surface area contributed by atoms with Crippen molar-refractivity contribution in [2.45, 2.75) is 46.9 Å². The van der Waals surface area contributed by atoms with Crippen LogP contribution >= 0.6 is 11.3 Å². The third-order valence-electron chi connectivity index (χ3n) is 3.37. The highest BCUT2D eigenvalue weighted by Crippen LogP contribution is 2.16. The van der Waals surface area contributed by atoms with Gasteiger partial charge in [-0.2, -0.15) is 4.98 Å². The number of thiazole rings is 1. The number of ether oxygens (including phenoxy) is 1. The molecule has 0 amide bonds. The SMILES string of the molecule is CCOC(C)c1noc(CNC(=NC)NCc2nc(C)c(C)s2)n1. The van der Waals surface area contributed by atoms with Crippen LogP contribution in [0.5, 0.6) is 0 Å². The predicted octanol–water partition coefficient (Wildman–Crippen LogP) is 2.11. The molecular formula is C15H24N6O2S. The van der Waals surface area contributed by atoms with E-state index in [1.54, 1.807) is 18.4 Å². The molecule has 0 spiro atoms. The first-order valence-corrected chi connectivity index (χ1v) is 8.66. The van der Waals surface area contributed by atoms with E-state index >= 15 is 0 Å². The summed E-state index contributed by atoms with van der Waals surface area (Å²) in [5, 5.41) is 11.3. The summed E-state index contributed by atoms with van der Waals surface area (Å²) in [6, 6.07) is 0. The zero-order valence-corrected chi connectivity index (χ0v) is 15.5. The van der Waals surface area contributed by atoms with Crippen LogP contribution in [0.2, 0.25) is 0 Å². The normalized spacial score (nSPS) is 13.1. The lowest BCUT2D eigenvalue weighted by atomic mass is 10.4. The number of nitrogens with zero attached hydrogens (tertiary/aromatic N) is 4. The molecule has 0 saturated carbocycles. The molecule has 8 nitrogen and oxygen atoms in total. The summed E-state index contributed by atoms with van der Waals surface area (Å²) in [5.74, 6) is 1.68. The predicted molar refractivity (Wildman–Crippen MR) is 93.0 cm³/mol. The third-order valence-corrected chi connectivity index (χ3v) is 4.45. The van der Waals surface area contributed by atoms with Gasteiger partial charge in [0.05, 0.1) is 18.8 Å². The minimum Gasteiger partial charge on any atom is -0.371 e. The van der Waals surface area contributed by atoms with Crippen LogP contribution in [0.1, 0.15) is 47.2 Å². The number of aryl methyl sites for hydroxylation is 2. The summed E-state index contributed by atoms with van der Waals surface area (Å²) in [7, 11) is 1.71. The molecule has 1 unspecified atom stereocenters. The van der Waals surface area contributed by atoms with E-state index in [1.807, 2.05) is 20.8 Å². The summed E-state index contributed by atoms with van der Waals surface area (Å²) in [6.07, 6.45) is -0.179. The van der Waals surface area contributed by atoms with E-state index in [-0.39, 0.29) is 6.10 Å². The molecule has 2 aromatic rings. The van der Waals surface area contributed by atoms with E-state index in [0.717, 1.165) is 10.7 Å². The van der Waals surface area contributed by atoms with Gasteiger partial charge in [0.15, 0.2) is 11.8 Å². The first-order valence-electron chi connectivity index (χ1n) is 7.85. The second kappa shape index (κ2) is 8.74. The summed E-state index contributed by atoms with van der Waals surface area (Å²) < 4.78 is 10.7. The Kier molecular flexibility index (Phi) is 6.68. The Hall–Kier alpha value is -2.00. The van der Waals surface area contributed by atoms with Crippen molar-refractivity contribution in [1.29, 1.82) is 0 Å². The molecule has 0 aliphatic carbocycles. The number of hydrogen-bond donors (Lipinski definition) is 2. The van der Waals surface area contributed by atoms with Crippen LogP contribution in [-0.2, 0) is 17.8 Å². The lowest BCUT2D eigenvalue weighted by Gasteiger charge is -2.08. The molecular weight excluding hydrogens is 328 g/mol. The highest BCUT2D eigenvalue weighted by Gasteiger charge is 2.14. The third kappa shape index (κ3) is 5.00. The Morgan fingerprint density at radius 3 is 2.67 bits per heavy atom. The highest BCUT2D eigenvalue weighted by molar-refractivity contribution is 7.11. The summed E-state index contributed by atoms with van der Waals surface area (Å²) in [6.45, 7) is 9.52. The number of hydrogen-bond acceptors (Lipinski definition) is 7. The highest BCUT2D eigenvalue weighted by atomic mass is 32.1. The second-order valence-electron chi connectivity index (χ2n) is 5.17. The molecule has 0 aliphatic heterocycles. The van der Waals surface area contributed by atoms with E-state index in [9.17, 15) is 0 Å². The Morgan fingerprint density at radius 1 is 1.29 bits per heavy atom. The van der Waals surface area contributed by atoms with E-state index in [2.05, 4.69) is 37.7 Å². The average molecular weight is 352 g/mol. The first-order chi connectivity index (χ1) is 11.5. The van der Waals surface area contributed by atoms with Crippen LogP contribution in [-0.4, -0.2) is 34.7 Å². The molecule has 2 rings (SSSR count). The monoisotopic (exact) mass is 352 g/mol. The maximum absolute atomic E-state index is 5.44. The average Bonchev–Trinajstić information content (AvgIpc) is 3.15. The minimum atomic E-state index is -0.179. The van der Waals surface area contributed by atoms with Crippen LogP contribution in [0.15, 0.2) is 9.52 Å². The lowest BCUT2D eigenvalue weighted by molar-refractivity contribution is 0.0683. The molecule has 0 fully saturated rings. The van der Waals surface area contributed by atoms with Crippen molar-refractivity contribution < 1.29 is 9.26 Å². The molecule has 2 N–H and O–H groups in total. The molecule has 2 heterocycles. The van der Waals surface area contributed by atoms with Gasteiger partial charge in [-0.15, -0.1) is 11.3 Å². The lowest BCUT2D eigenvalue weighted by Crippen LogP contribution is -2.36. The molecule has 1 atom stereocenters. The fourth-order valence-corrected chi connectivity index (χ4v) is 2.86. The summed E-state index contributed by atoms with van der Waals surface area (Å²) >= 11 is 1.68. The summed E-state index contributed by atoms with van der Waals surface area (Å²) in [5.41, 5.74) is 1.07. The Morgan fingerprint density at radius 2 is 2.04 bits per heavy atom. The van der Waals surface area contributed by atoms with Gasteiger partial charge in [0.2, 0.25) is 5.89 Å². The standard InChI is InChI=1S/C15H24N6O2S/c1-6-22-10(3)14-20-12(23-21-14)7-17-15(16-5)18-8-13-19-9(2)11(4)24-13/h10H,6-8H2,1-5H3,(H2,16,17,18). The minimum absolute atomic E-state index is 0.179. The fraction of sp³-hybridized carbons (Fsp3) is 0.600. The molecule has 9 heteroatoms. The topological polar surface area (TPSA) is 97.5 Å². The molecule has 132 valence electrons. The van der Waals surface area contributed by atoms with Gasteiger partial charge in [0.1, 0.15) is 11.1 Å². The van der Waals surface area contributed by atoms with Crippen LogP contribution in [0.4, 0.5) is 0 Å². The van der Waals surface area contributed by atoms with Crippen LogP contribution in [0, 0.1) is 13.8 Å². The molecule has 24 heavy (non-hydrogen) atoms. The van der Waals surface area contributed by atoms with Gasteiger partial charge in [0, 0.05) is 18.5 Å². The Balaban J connectivity index is 1.83. The van der Waals surface area contributed by atoms with Gasteiger partial charge < -0.3 is 19.9 Å². The van der Waals surface area contributed by atoms with Crippen LogP contribution in [0.3, 0.4) is 0 Å². The zero-order chi connectivity index (χ0) is 17.5. The molecule has 0 bridgehead atoms.